The minimum Gasteiger partial charge on any atom is -0.395 e. The molecule has 2 amide bonds. The quantitative estimate of drug-likeness (QED) is 0.773. The van der Waals surface area contributed by atoms with Gasteiger partial charge >= 0.3 is 6.03 Å². The van der Waals surface area contributed by atoms with E-state index in [1.807, 2.05) is 18.2 Å². The lowest BCUT2D eigenvalue weighted by molar-refractivity contribution is 0.177. The van der Waals surface area contributed by atoms with Gasteiger partial charge in [0.05, 0.1) is 6.61 Å². The van der Waals surface area contributed by atoms with Crippen LogP contribution in [0.2, 0.25) is 0 Å². The minimum absolute atomic E-state index is 0.00480. The summed E-state index contributed by atoms with van der Waals surface area (Å²) < 4.78 is 0. The van der Waals surface area contributed by atoms with Gasteiger partial charge in [-0.05, 0) is 24.3 Å². The summed E-state index contributed by atoms with van der Waals surface area (Å²) in [4.78, 5) is 14.0. The van der Waals surface area contributed by atoms with E-state index in [1.165, 1.54) is 37.7 Å². The number of nitrogens with one attached hydrogen (secondary N) is 1. The first-order valence-electron chi connectivity index (χ1n) is 8.97. The maximum atomic E-state index is 12.3. The van der Waals surface area contributed by atoms with E-state index in [4.69, 9.17) is 0 Å². The topological polar surface area (TPSA) is 52.6 Å². The average molecular weight is 318 g/mol. The van der Waals surface area contributed by atoms with Crippen LogP contribution < -0.4 is 5.32 Å². The predicted molar refractivity (Wildman–Crippen MR) is 93.4 cm³/mol. The molecule has 1 saturated carbocycles. The molecule has 0 spiro atoms. The van der Waals surface area contributed by atoms with Crippen LogP contribution >= 0.6 is 0 Å². The van der Waals surface area contributed by atoms with Crippen LogP contribution in [0.3, 0.4) is 0 Å². The average Bonchev–Trinajstić information content (AvgIpc) is 2.60. The van der Waals surface area contributed by atoms with Gasteiger partial charge in [0.25, 0.3) is 0 Å². The van der Waals surface area contributed by atoms with Crippen molar-refractivity contribution in [1.82, 2.24) is 10.2 Å². The Morgan fingerprint density at radius 1 is 1.13 bits per heavy atom. The molecule has 1 aliphatic rings. The van der Waals surface area contributed by atoms with Gasteiger partial charge in [0, 0.05) is 19.6 Å². The molecule has 23 heavy (non-hydrogen) atoms. The lowest BCUT2D eigenvalue weighted by Crippen LogP contribution is -2.43. The molecule has 0 saturated heterocycles. The molecule has 0 radical (unpaired) electrons. The first-order valence-corrected chi connectivity index (χ1v) is 8.97. The zero-order valence-corrected chi connectivity index (χ0v) is 14.0. The second-order valence-electron chi connectivity index (χ2n) is 6.47. The van der Waals surface area contributed by atoms with E-state index in [1.54, 1.807) is 4.90 Å². The second-order valence-corrected chi connectivity index (χ2v) is 6.47. The fraction of sp³-hybridized carbons (Fsp3) is 0.632. The van der Waals surface area contributed by atoms with E-state index in [0.717, 1.165) is 25.3 Å². The number of aliphatic hydroxyl groups excluding tert-OH is 1. The lowest BCUT2D eigenvalue weighted by atomic mass is 9.87. The van der Waals surface area contributed by atoms with Crippen molar-refractivity contribution < 1.29 is 9.90 Å². The maximum absolute atomic E-state index is 12.3. The van der Waals surface area contributed by atoms with Crippen molar-refractivity contribution in [3.63, 3.8) is 0 Å². The Hall–Kier alpha value is -1.55. The molecular formula is C19H30N2O2. The summed E-state index contributed by atoms with van der Waals surface area (Å²) in [5.74, 6) is 0.777. The number of urea groups is 1. The van der Waals surface area contributed by atoms with E-state index in [0.29, 0.717) is 13.1 Å². The van der Waals surface area contributed by atoms with Gasteiger partial charge in [0.2, 0.25) is 0 Å². The van der Waals surface area contributed by atoms with Gasteiger partial charge in [-0.25, -0.2) is 4.79 Å². The van der Waals surface area contributed by atoms with Gasteiger partial charge < -0.3 is 15.3 Å². The number of nitrogens with zero attached hydrogens (tertiary/aromatic N) is 1. The smallest absolute Gasteiger partial charge is 0.317 e. The van der Waals surface area contributed by atoms with Gasteiger partial charge in [-0.2, -0.15) is 0 Å². The third kappa shape index (κ3) is 6.61. The van der Waals surface area contributed by atoms with E-state index in [9.17, 15) is 9.90 Å². The highest BCUT2D eigenvalue weighted by Crippen LogP contribution is 2.25. The maximum Gasteiger partial charge on any atom is 0.317 e. The summed E-state index contributed by atoms with van der Waals surface area (Å²) in [5, 5.41) is 12.2. The van der Waals surface area contributed by atoms with Crippen LogP contribution in [0.1, 0.15) is 44.1 Å². The summed E-state index contributed by atoms with van der Waals surface area (Å²) >= 11 is 0. The predicted octanol–water partition coefficient (Wildman–Crippen LogP) is 3.20. The van der Waals surface area contributed by atoms with Crippen molar-refractivity contribution in [2.24, 2.45) is 5.92 Å². The molecule has 128 valence electrons. The van der Waals surface area contributed by atoms with E-state index in [-0.39, 0.29) is 12.6 Å². The summed E-state index contributed by atoms with van der Waals surface area (Å²) in [6.45, 7) is 1.78. The Morgan fingerprint density at radius 3 is 2.57 bits per heavy atom. The number of amides is 2. The van der Waals surface area contributed by atoms with E-state index >= 15 is 0 Å². The highest BCUT2D eigenvalue weighted by Gasteiger charge is 2.15. The molecule has 1 fully saturated rings. The third-order valence-electron chi connectivity index (χ3n) is 4.72. The first kappa shape index (κ1) is 17.8. The van der Waals surface area contributed by atoms with Crippen molar-refractivity contribution >= 4 is 6.03 Å². The lowest BCUT2D eigenvalue weighted by Gasteiger charge is -2.24. The van der Waals surface area contributed by atoms with Gasteiger partial charge in [-0.1, -0.05) is 62.4 Å². The molecule has 4 heteroatoms. The third-order valence-corrected chi connectivity index (χ3v) is 4.72. The highest BCUT2D eigenvalue weighted by molar-refractivity contribution is 5.74. The van der Waals surface area contributed by atoms with Crippen LogP contribution in [0.25, 0.3) is 0 Å². The van der Waals surface area contributed by atoms with Gasteiger partial charge in [-0.15, -0.1) is 0 Å². The molecule has 0 bridgehead atoms. The van der Waals surface area contributed by atoms with Gasteiger partial charge in [0.15, 0.2) is 0 Å². The Morgan fingerprint density at radius 2 is 1.87 bits per heavy atom. The molecule has 0 aromatic heterocycles. The van der Waals surface area contributed by atoms with Crippen molar-refractivity contribution in [2.45, 2.75) is 44.9 Å². The molecular weight excluding hydrogens is 288 g/mol. The number of hydrogen-bond acceptors (Lipinski definition) is 2. The van der Waals surface area contributed by atoms with Crippen molar-refractivity contribution in [3.05, 3.63) is 35.9 Å². The number of carbonyl (C=O) groups excluding carboxylic acids is 1. The Bertz CT molecular complexity index is 444. The summed E-state index contributed by atoms with van der Waals surface area (Å²) in [7, 11) is 0. The van der Waals surface area contributed by atoms with Crippen LogP contribution in [0.15, 0.2) is 30.3 Å². The molecule has 2 rings (SSSR count). The number of benzene rings is 1. The number of aliphatic hydroxyl groups is 1. The molecule has 1 aliphatic carbocycles. The minimum atomic E-state index is -0.0502. The second kappa shape index (κ2) is 10.3. The Labute approximate surface area is 139 Å². The van der Waals surface area contributed by atoms with Gasteiger partial charge in [0.1, 0.15) is 0 Å². The van der Waals surface area contributed by atoms with Crippen molar-refractivity contribution in [3.8, 4) is 0 Å². The molecule has 0 aliphatic heterocycles. The largest absolute Gasteiger partial charge is 0.395 e. The molecule has 0 unspecified atom stereocenters. The van der Waals surface area contributed by atoms with E-state index in [2.05, 4.69) is 17.4 Å². The van der Waals surface area contributed by atoms with Crippen molar-refractivity contribution in [2.75, 3.05) is 26.2 Å². The fourth-order valence-corrected chi connectivity index (χ4v) is 3.32. The Kier molecular flexibility index (Phi) is 7.95. The van der Waals surface area contributed by atoms with Crippen LogP contribution in [-0.2, 0) is 6.42 Å². The molecule has 4 nitrogen and oxygen atoms in total. The monoisotopic (exact) mass is 318 g/mol. The SMILES string of the molecule is O=C(NCCC1CCCCC1)N(CCO)CCc1ccccc1. The first-order chi connectivity index (χ1) is 11.3. The molecule has 1 aromatic rings. The summed E-state index contributed by atoms with van der Waals surface area (Å²) in [6, 6.07) is 10.1. The summed E-state index contributed by atoms with van der Waals surface area (Å²) in [6.07, 6.45) is 8.56. The zero-order valence-electron chi connectivity index (χ0n) is 14.0. The van der Waals surface area contributed by atoms with Gasteiger partial charge in [-0.3, -0.25) is 0 Å². The number of rotatable bonds is 8. The van der Waals surface area contributed by atoms with Crippen LogP contribution in [-0.4, -0.2) is 42.3 Å². The molecule has 1 aromatic carbocycles. The Balaban J connectivity index is 1.71. The van der Waals surface area contributed by atoms with Crippen LogP contribution in [0, 0.1) is 5.92 Å². The van der Waals surface area contributed by atoms with Crippen LogP contribution in [0.4, 0.5) is 4.79 Å². The fourth-order valence-electron chi connectivity index (χ4n) is 3.32. The molecule has 0 heterocycles. The normalized spacial score (nSPS) is 15.3. The standard InChI is InChI=1S/C19H30N2O2/c22-16-15-21(14-12-18-9-5-2-6-10-18)19(23)20-13-11-17-7-3-1-4-8-17/h2,5-6,9-10,17,22H,1,3-4,7-8,11-16H2,(H,20,23). The summed E-state index contributed by atoms with van der Waals surface area (Å²) in [5.41, 5.74) is 1.21. The molecule has 2 N–H and O–H groups in total. The zero-order chi connectivity index (χ0) is 16.3. The van der Waals surface area contributed by atoms with Crippen molar-refractivity contribution in [1.29, 1.82) is 0 Å². The molecule has 0 atom stereocenters. The number of hydrogen-bond donors (Lipinski definition) is 2. The van der Waals surface area contributed by atoms with E-state index < -0.39 is 0 Å². The number of carbonyl (C=O) groups is 1. The van der Waals surface area contributed by atoms with Crippen LogP contribution in [0.5, 0.6) is 0 Å². The highest BCUT2D eigenvalue weighted by atomic mass is 16.3.